The molecule has 0 atom stereocenters. The Morgan fingerprint density at radius 1 is 0.900 bits per heavy atom. The lowest BCUT2D eigenvalue weighted by Gasteiger charge is -2.32. The van der Waals surface area contributed by atoms with Crippen molar-refractivity contribution in [3.05, 3.63) is 78.6 Å². The first-order chi connectivity index (χ1) is 14.6. The normalized spacial score (nSPS) is 12.0. The monoisotopic (exact) mass is 422 g/mol. The van der Waals surface area contributed by atoms with Gasteiger partial charge in [-0.05, 0) is 48.5 Å². The number of carbonyl (C=O) groups is 2. The van der Waals surface area contributed by atoms with Crippen molar-refractivity contribution in [1.82, 2.24) is 0 Å². The van der Waals surface area contributed by atoms with Crippen molar-refractivity contribution in [2.75, 3.05) is 23.4 Å². The molecule has 1 heterocycles. The zero-order valence-electron chi connectivity index (χ0n) is 16.0. The molecule has 5 nitrogen and oxygen atoms in total. The van der Waals surface area contributed by atoms with Gasteiger partial charge in [0, 0.05) is 22.0 Å². The summed E-state index contributed by atoms with van der Waals surface area (Å²) in [6, 6.07) is 21.5. The molecule has 0 unspecified atom stereocenters. The van der Waals surface area contributed by atoms with Crippen LogP contribution in [0.4, 0.5) is 21.5 Å². The van der Waals surface area contributed by atoms with Gasteiger partial charge in [-0.3, -0.25) is 9.59 Å². The second kappa shape index (κ2) is 9.00. The lowest BCUT2D eigenvalue weighted by atomic mass is 10.2. The number of amides is 1. The first-order valence-corrected chi connectivity index (χ1v) is 10.3. The topological polar surface area (TPSA) is 58.6 Å². The summed E-state index contributed by atoms with van der Waals surface area (Å²) in [4.78, 5) is 28.5. The highest BCUT2D eigenvalue weighted by Crippen LogP contribution is 2.47. The van der Waals surface area contributed by atoms with E-state index in [4.69, 9.17) is 4.74 Å². The number of ether oxygens (including phenoxy) is 1. The average molecular weight is 422 g/mol. The molecule has 30 heavy (non-hydrogen) atoms. The highest BCUT2D eigenvalue weighted by Gasteiger charge is 2.23. The fourth-order valence-corrected chi connectivity index (χ4v) is 4.27. The molecule has 1 aliphatic heterocycles. The molecule has 3 aromatic rings. The minimum Gasteiger partial charge on any atom is -0.456 e. The third-order valence-corrected chi connectivity index (χ3v) is 5.69. The quantitative estimate of drug-likeness (QED) is 0.567. The van der Waals surface area contributed by atoms with Crippen LogP contribution in [0.2, 0.25) is 0 Å². The third kappa shape index (κ3) is 4.63. The van der Waals surface area contributed by atoms with Crippen LogP contribution < -0.4 is 10.2 Å². The van der Waals surface area contributed by atoms with Crippen LogP contribution in [0.3, 0.4) is 0 Å². The zero-order chi connectivity index (χ0) is 20.9. The summed E-state index contributed by atoms with van der Waals surface area (Å²) in [6.45, 7) is 0.0479. The van der Waals surface area contributed by atoms with Gasteiger partial charge in [0.05, 0.1) is 17.8 Å². The molecule has 0 aliphatic carbocycles. The predicted octanol–water partition coefficient (Wildman–Crippen LogP) is 5.00. The van der Waals surface area contributed by atoms with Gasteiger partial charge in [0.25, 0.3) is 5.91 Å². The minimum atomic E-state index is -0.472. The summed E-state index contributed by atoms with van der Waals surface area (Å²) in [5.41, 5.74) is 2.53. The first kappa shape index (κ1) is 20.0. The number of carbonyl (C=O) groups excluding carboxylic acids is 2. The summed E-state index contributed by atoms with van der Waals surface area (Å²) < 4.78 is 18.0. The zero-order valence-corrected chi connectivity index (χ0v) is 16.8. The van der Waals surface area contributed by atoms with Crippen molar-refractivity contribution in [2.45, 2.75) is 16.2 Å². The smallest absolute Gasteiger partial charge is 0.308 e. The van der Waals surface area contributed by atoms with Crippen LogP contribution >= 0.6 is 11.8 Å². The maximum Gasteiger partial charge on any atom is 0.308 e. The van der Waals surface area contributed by atoms with Crippen molar-refractivity contribution in [1.29, 1.82) is 0 Å². The molecule has 0 fully saturated rings. The number of hydrogen-bond acceptors (Lipinski definition) is 5. The summed E-state index contributed by atoms with van der Waals surface area (Å²) >= 11 is 1.70. The highest BCUT2D eigenvalue weighted by atomic mass is 32.2. The van der Waals surface area contributed by atoms with E-state index in [9.17, 15) is 14.0 Å². The van der Waals surface area contributed by atoms with Crippen molar-refractivity contribution in [3.8, 4) is 0 Å². The molecule has 0 spiro atoms. The number of esters is 1. The van der Waals surface area contributed by atoms with E-state index in [1.165, 1.54) is 24.3 Å². The van der Waals surface area contributed by atoms with E-state index in [0.717, 1.165) is 21.2 Å². The molecule has 1 N–H and O–H groups in total. The lowest BCUT2D eigenvalue weighted by molar-refractivity contribution is -0.147. The Hall–Kier alpha value is -3.32. The third-order valence-electron chi connectivity index (χ3n) is 4.56. The Morgan fingerprint density at radius 3 is 2.13 bits per heavy atom. The summed E-state index contributed by atoms with van der Waals surface area (Å²) in [6.07, 6.45) is 0.136. The summed E-state index contributed by atoms with van der Waals surface area (Å²) in [5.74, 6) is -1.32. The summed E-state index contributed by atoms with van der Waals surface area (Å²) in [7, 11) is 0. The Labute approximate surface area is 177 Å². The number of nitrogens with one attached hydrogen (secondary N) is 1. The Morgan fingerprint density at radius 2 is 1.50 bits per heavy atom. The molecule has 3 aromatic carbocycles. The number of nitrogens with zero attached hydrogens (tertiary/aromatic N) is 1. The van der Waals surface area contributed by atoms with Gasteiger partial charge in [-0.25, -0.2) is 4.39 Å². The van der Waals surface area contributed by atoms with Crippen LogP contribution in [0.25, 0.3) is 0 Å². The van der Waals surface area contributed by atoms with Crippen LogP contribution in [0.1, 0.15) is 6.42 Å². The van der Waals surface area contributed by atoms with E-state index in [1.54, 1.807) is 11.8 Å². The number of benzene rings is 3. The molecule has 1 aliphatic rings. The first-order valence-electron chi connectivity index (χ1n) is 9.44. The maximum absolute atomic E-state index is 12.9. The van der Waals surface area contributed by atoms with Gasteiger partial charge in [-0.1, -0.05) is 36.0 Å². The number of halogens is 1. The predicted molar refractivity (Wildman–Crippen MR) is 115 cm³/mol. The lowest BCUT2D eigenvalue weighted by Crippen LogP contribution is -2.26. The van der Waals surface area contributed by atoms with Crippen LogP contribution in [0.15, 0.2) is 82.6 Å². The number of para-hydroxylation sites is 2. The molecule has 7 heteroatoms. The number of fused-ring (bicyclic) bond motifs is 2. The van der Waals surface area contributed by atoms with Gasteiger partial charge in [-0.15, -0.1) is 0 Å². The van der Waals surface area contributed by atoms with Gasteiger partial charge in [0.1, 0.15) is 5.82 Å². The van der Waals surface area contributed by atoms with E-state index in [0.29, 0.717) is 12.2 Å². The molecule has 152 valence electrons. The molecule has 4 rings (SSSR count). The second-order valence-corrected chi connectivity index (χ2v) is 7.74. The molecule has 0 saturated carbocycles. The maximum atomic E-state index is 12.9. The number of anilines is 3. The van der Waals surface area contributed by atoms with Crippen LogP contribution in [0, 0.1) is 5.82 Å². The Bertz CT molecular complexity index is 1030. The van der Waals surface area contributed by atoms with Gasteiger partial charge >= 0.3 is 5.97 Å². The Kier molecular flexibility index (Phi) is 5.99. The number of rotatable bonds is 6. The van der Waals surface area contributed by atoms with E-state index in [1.807, 2.05) is 36.4 Å². The van der Waals surface area contributed by atoms with Gasteiger partial charge in [0.15, 0.2) is 6.61 Å². The summed E-state index contributed by atoms with van der Waals surface area (Å²) in [5, 5.41) is 2.56. The van der Waals surface area contributed by atoms with Crippen molar-refractivity contribution < 1.29 is 18.7 Å². The van der Waals surface area contributed by atoms with Crippen molar-refractivity contribution in [2.24, 2.45) is 0 Å². The largest absolute Gasteiger partial charge is 0.456 e. The molecule has 0 aromatic heterocycles. The molecule has 1 amide bonds. The van der Waals surface area contributed by atoms with Gasteiger partial charge < -0.3 is 15.0 Å². The fraction of sp³-hybridized carbons (Fsp3) is 0.130. The van der Waals surface area contributed by atoms with Crippen molar-refractivity contribution >= 4 is 40.7 Å². The fourth-order valence-electron chi connectivity index (χ4n) is 3.17. The van der Waals surface area contributed by atoms with E-state index >= 15 is 0 Å². The minimum absolute atomic E-state index is 0.136. The second-order valence-electron chi connectivity index (χ2n) is 6.65. The van der Waals surface area contributed by atoms with Gasteiger partial charge in [-0.2, -0.15) is 0 Å². The van der Waals surface area contributed by atoms with Crippen molar-refractivity contribution in [3.63, 3.8) is 0 Å². The molecular formula is C23H19FN2O3S. The van der Waals surface area contributed by atoms with Crippen LogP contribution in [-0.4, -0.2) is 25.0 Å². The highest BCUT2D eigenvalue weighted by molar-refractivity contribution is 7.99. The van der Waals surface area contributed by atoms with Crippen LogP contribution in [-0.2, 0) is 14.3 Å². The molecule has 0 bridgehead atoms. The molecule has 0 radical (unpaired) electrons. The van der Waals surface area contributed by atoms with Gasteiger partial charge in [0.2, 0.25) is 0 Å². The van der Waals surface area contributed by atoms with E-state index in [-0.39, 0.29) is 13.0 Å². The van der Waals surface area contributed by atoms with Crippen LogP contribution in [0.5, 0.6) is 0 Å². The van der Waals surface area contributed by atoms with E-state index in [2.05, 4.69) is 22.3 Å². The molecular weight excluding hydrogens is 403 g/mol. The SMILES string of the molecule is O=C(COC(=O)CCN1c2ccccc2Sc2ccccc21)Nc1ccc(F)cc1. The number of hydrogen-bond donors (Lipinski definition) is 1. The standard InChI is InChI=1S/C23H19FN2O3S/c24-16-9-11-17(12-10-16)25-22(27)15-29-23(28)13-14-26-18-5-1-3-7-20(18)30-21-8-4-2-6-19(21)26/h1-12H,13-15H2,(H,25,27). The molecule has 0 saturated heterocycles. The average Bonchev–Trinajstić information content (AvgIpc) is 2.76. The Balaban J connectivity index is 1.34. The van der Waals surface area contributed by atoms with E-state index < -0.39 is 17.7 Å².